The topological polar surface area (TPSA) is 93.4 Å². The van der Waals surface area contributed by atoms with Crippen molar-refractivity contribution in [3.63, 3.8) is 0 Å². The van der Waals surface area contributed by atoms with Crippen LogP contribution in [-0.4, -0.2) is 25.1 Å². The quantitative estimate of drug-likeness (QED) is 0.743. The third-order valence-electron chi connectivity index (χ3n) is 2.57. The molecule has 1 aromatic carbocycles. The van der Waals surface area contributed by atoms with Crippen molar-refractivity contribution in [2.24, 2.45) is 5.73 Å². The Hall–Kier alpha value is -1.79. The van der Waals surface area contributed by atoms with E-state index in [9.17, 15) is 9.59 Å². The smallest absolute Gasteiger partial charge is 0.318 e. The zero-order chi connectivity index (χ0) is 15.1. The zero-order valence-electron chi connectivity index (χ0n) is 11.4. The molecule has 0 fully saturated rings. The number of primary amides is 1. The molecule has 6 nitrogen and oxygen atoms in total. The molecule has 3 amide bonds. The van der Waals surface area contributed by atoms with Gasteiger partial charge in [-0.2, -0.15) is 0 Å². The van der Waals surface area contributed by atoms with Gasteiger partial charge in [-0.1, -0.05) is 18.5 Å². The Labute approximate surface area is 122 Å². The van der Waals surface area contributed by atoms with Crippen LogP contribution in [-0.2, 0) is 4.79 Å². The van der Waals surface area contributed by atoms with Crippen molar-refractivity contribution in [3.05, 3.63) is 28.8 Å². The lowest BCUT2D eigenvalue weighted by Gasteiger charge is -2.17. The van der Waals surface area contributed by atoms with Gasteiger partial charge < -0.3 is 15.8 Å². The molecule has 0 aliphatic heterocycles. The molecule has 1 unspecified atom stereocenters. The number of halogens is 1. The van der Waals surface area contributed by atoms with Gasteiger partial charge in [0.2, 0.25) is 0 Å². The van der Waals surface area contributed by atoms with Crippen LogP contribution in [0.25, 0.3) is 0 Å². The van der Waals surface area contributed by atoms with E-state index < -0.39 is 11.9 Å². The molecule has 0 saturated heterocycles. The highest BCUT2D eigenvalue weighted by Crippen LogP contribution is 2.28. The van der Waals surface area contributed by atoms with Gasteiger partial charge in [-0.3, -0.25) is 10.1 Å². The molecule has 0 bridgehead atoms. The number of hydrogen-bond acceptors (Lipinski definition) is 4. The molecule has 0 saturated carbocycles. The number of rotatable bonds is 6. The van der Waals surface area contributed by atoms with E-state index >= 15 is 0 Å². The summed E-state index contributed by atoms with van der Waals surface area (Å²) in [6.45, 7) is 4.44. The lowest BCUT2D eigenvalue weighted by Crippen LogP contribution is -2.38. The first-order chi connectivity index (χ1) is 9.43. The lowest BCUT2D eigenvalue weighted by atomic mass is 10.1. The van der Waals surface area contributed by atoms with Crippen LogP contribution in [0.5, 0.6) is 5.75 Å². The van der Waals surface area contributed by atoms with Gasteiger partial charge >= 0.3 is 6.03 Å². The number of ether oxygens (including phenoxy) is 1. The van der Waals surface area contributed by atoms with Crippen LogP contribution in [0, 0.1) is 0 Å². The van der Waals surface area contributed by atoms with Crippen LogP contribution in [0.15, 0.2) is 18.2 Å². The Morgan fingerprint density at radius 3 is 2.75 bits per heavy atom. The Balaban J connectivity index is 2.78. The fourth-order valence-corrected chi connectivity index (χ4v) is 1.90. The van der Waals surface area contributed by atoms with Crippen LogP contribution in [0.1, 0.15) is 25.5 Å². The number of hydrogen-bond donors (Lipinski definition) is 3. The third-order valence-corrected chi connectivity index (χ3v) is 2.81. The summed E-state index contributed by atoms with van der Waals surface area (Å²) in [4.78, 5) is 21.9. The predicted octanol–water partition coefficient (Wildman–Crippen LogP) is 1.58. The Morgan fingerprint density at radius 2 is 2.15 bits per heavy atom. The van der Waals surface area contributed by atoms with Crippen molar-refractivity contribution in [1.82, 2.24) is 10.6 Å². The fraction of sp³-hybridized carbons (Fsp3) is 0.385. The van der Waals surface area contributed by atoms with E-state index in [0.717, 1.165) is 12.1 Å². The summed E-state index contributed by atoms with van der Waals surface area (Å²) in [5, 5.41) is 5.75. The number of nitrogens with one attached hydrogen (secondary N) is 2. The van der Waals surface area contributed by atoms with Gasteiger partial charge in [-0.05, 0) is 31.7 Å². The van der Waals surface area contributed by atoms with Crippen molar-refractivity contribution in [1.29, 1.82) is 0 Å². The standard InChI is InChI=1S/C13H18ClN3O3/c1-3-16-8(2)10-6-9(14)4-5-11(10)20-7-12(18)17-13(15)19/h4-6,8,16H,3,7H2,1-2H3,(H3,15,17,18,19). The van der Waals surface area contributed by atoms with Crippen molar-refractivity contribution >= 4 is 23.5 Å². The van der Waals surface area contributed by atoms with E-state index in [1.807, 2.05) is 19.2 Å². The number of urea groups is 1. The van der Waals surface area contributed by atoms with Gasteiger partial charge in [-0.25, -0.2) is 4.79 Å². The summed E-state index contributed by atoms with van der Waals surface area (Å²) in [5.41, 5.74) is 5.69. The Morgan fingerprint density at radius 1 is 1.45 bits per heavy atom. The summed E-state index contributed by atoms with van der Waals surface area (Å²) < 4.78 is 5.40. The van der Waals surface area contributed by atoms with E-state index in [0.29, 0.717) is 10.8 Å². The van der Waals surface area contributed by atoms with Gasteiger partial charge in [0.05, 0.1) is 0 Å². The number of carbonyl (C=O) groups is 2. The molecule has 1 aromatic rings. The SMILES string of the molecule is CCNC(C)c1cc(Cl)ccc1OCC(=O)NC(N)=O. The largest absolute Gasteiger partial charge is 0.483 e. The molecule has 0 spiro atoms. The summed E-state index contributed by atoms with van der Waals surface area (Å²) in [6.07, 6.45) is 0. The second-order valence-electron chi connectivity index (χ2n) is 4.16. The monoisotopic (exact) mass is 299 g/mol. The molecule has 0 aliphatic carbocycles. The zero-order valence-corrected chi connectivity index (χ0v) is 12.2. The van der Waals surface area contributed by atoms with Crippen LogP contribution >= 0.6 is 11.6 Å². The molecule has 0 heterocycles. The fourth-order valence-electron chi connectivity index (χ4n) is 1.72. The number of amides is 3. The van der Waals surface area contributed by atoms with E-state index in [4.69, 9.17) is 22.1 Å². The Kier molecular flexibility index (Phi) is 6.27. The van der Waals surface area contributed by atoms with E-state index in [2.05, 4.69) is 5.32 Å². The molecular weight excluding hydrogens is 282 g/mol. The first-order valence-electron chi connectivity index (χ1n) is 6.19. The highest BCUT2D eigenvalue weighted by molar-refractivity contribution is 6.30. The highest BCUT2D eigenvalue weighted by Gasteiger charge is 2.13. The highest BCUT2D eigenvalue weighted by atomic mass is 35.5. The molecule has 4 N–H and O–H groups in total. The number of benzene rings is 1. The van der Waals surface area contributed by atoms with E-state index in [1.165, 1.54) is 0 Å². The number of carbonyl (C=O) groups excluding carboxylic acids is 2. The minimum absolute atomic E-state index is 0.0212. The number of imide groups is 1. The van der Waals surface area contributed by atoms with Crippen molar-refractivity contribution in [2.75, 3.05) is 13.2 Å². The molecule has 20 heavy (non-hydrogen) atoms. The third kappa shape index (κ3) is 5.07. The van der Waals surface area contributed by atoms with Gasteiger partial charge in [-0.15, -0.1) is 0 Å². The second-order valence-corrected chi connectivity index (χ2v) is 4.60. The van der Waals surface area contributed by atoms with Crippen molar-refractivity contribution < 1.29 is 14.3 Å². The first-order valence-corrected chi connectivity index (χ1v) is 6.56. The van der Waals surface area contributed by atoms with E-state index in [1.54, 1.807) is 18.2 Å². The van der Waals surface area contributed by atoms with Gasteiger partial charge in [0.25, 0.3) is 5.91 Å². The predicted molar refractivity (Wildman–Crippen MR) is 76.8 cm³/mol. The van der Waals surface area contributed by atoms with Gasteiger partial charge in [0, 0.05) is 16.6 Å². The minimum atomic E-state index is -0.907. The maximum atomic E-state index is 11.3. The molecular formula is C13H18ClN3O3. The molecule has 0 aliphatic rings. The summed E-state index contributed by atoms with van der Waals surface area (Å²) >= 11 is 5.97. The molecule has 0 radical (unpaired) electrons. The molecule has 0 aromatic heterocycles. The lowest BCUT2D eigenvalue weighted by molar-refractivity contribution is -0.121. The molecule has 1 atom stereocenters. The van der Waals surface area contributed by atoms with Crippen molar-refractivity contribution in [3.8, 4) is 5.75 Å². The summed E-state index contributed by atoms with van der Waals surface area (Å²) in [6, 6.07) is 4.24. The van der Waals surface area contributed by atoms with Crippen molar-refractivity contribution in [2.45, 2.75) is 19.9 Å². The van der Waals surface area contributed by atoms with Crippen LogP contribution in [0.3, 0.4) is 0 Å². The molecule has 7 heteroatoms. The van der Waals surface area contributed by atoms with E-state index in [-0.39, 0.29) is 12.6 Å². The van der Waals surface area contributed by atoms with Gasteiger partial charge in [0.15, 0.2) is 6.61 Å². The minimum Gasteiger partial charge on any atom is -0.483 e. The summed E-state index contributed by atoms with van der Waals surface area (Å²) in [7, 11) is 0. The van der Waals surface area contributed by atoms with Crippen LogP contribution < -0.4 is 21.1 Å². The summed E-state index contributed by atoms with van der Waals surface area (Å²) in [5.74, 6) is -0.0722. The molecule has 1 rings (SSSR count). The average Bonchev–Trinajstić information content (AvgIpc) is 2.36. The first kappa shape index (κ1) is 16.3. The Bertz CT molecular complexity index is 494. The average molecular weight is 300 g/mol. The maximum Gasteiger partial charge on any atom is 0.318 e. The van der Waals surface area contributed by atoms with Crippen LogP contribution in [0.2, 0.25) is 5.02 Å². The maximum absolute atomic E-state index is 11.3. The van der Waals surface area contributed by atoms with Crippen LogP contribution in [0.4, 0.5) is 4.79 Å². The van der Waals surface area contributed by atoms with Gasteiger partial charge in [0.1, 0.15) is 5.75 Å². The second kappa shape index (κ2) is 7.72. The normalized spacial score (nSPS) is 11.8. The molecule has 110 valence electrons. The number of nitrogens with two attached hydrogens (primary N) is 1.